The van der Waals surface area contributed by atoms with Crippen molar-refractivity contribution in [2.45, 2.75) is 33.1 Å². The van der Waals surface area contributed by atoms with Crippen molar-refractivity contribution < 1.29 is 9.53 Å². The molecule has 0 radical (unpaired) electrons. The number of halogens is 1. The number of amides is 1. The molecule has 130 valence electrons. The van der Waals surface area contributed by atoms with E-state index in [1.807, 2.05) is 31.2 Å². The molecule has 1 rings (SSSR count). The number of ether oxygens (including phenoxy) is 1. The van der Waals surface area contributed by atoms with Crippen LogP contribution in [0.5, 0.6) is 0 Å². The van der Waals surface area contributed by atoms with Gasteiger partial charge in [-0.15, -0.1) is 0 Å². The number of carbonyl (C=O) groups excluding carboxylic acids is 1. The van der Waals surface area contributed by atoms with Crippen molar-refractivity contribution in [1.29, 1.82) is 5.26 Å². The van der Waals surface area contributed by atoms with E-state index >= 15 is 0 Å². The number of benzene rings is 1. The first kappa shape index (κ1) is 20.2. The molecule has 0 spiro atoms. The van der Waals surface area contributed by atoms with Gasteiger partial charge in [-0.05, 0) is 43.5 Å². The maximum atomic E-state index is 12.0. The molecular formula is C18H24BrN3O2. The zero-order chi connectivity index (χ0) is 17.8. The Morgan fingerprint density at radius 3 is 2.79 bits per heavy atom. The van der Waals surface area contributed by atoms with E-state index in [9.17, 15) is 4.79 Å². The molecule has 2 N–H and O–H groups in total. The van der Waals surface area contributed by atoms with Gasteiger partial charge in [0.15, 0.2) is 0 Å². The fourth-order valence-electron chi connectivity index (χ4n) is 1.86. The Balaban J connectivity index is 2.40. The third-order valence-corrected chi connectivity index (χ3v) is 4.19. The molecule has 1 aromatic rings. The highest BCUT2D eigenvalue weighted by Crippen LogP contribution is 2.20. The summed E-state index contributed by atoms with van der Waals surface area (Å²) < 4.78 is 6.43. The summed E-state index contributed by atoms with van der Waals surface area (Å²) in [7, 11) is 0. The van der Waals surface area contributed by atoms with Crippen LogP contribution in [0.3, 0.4) is 0 Å². The number of rotatable bonds is 10. The molecule has 0 fully saturated rings. The molecule has 0 bridgehead atoms. The standard InChI is InChI=1S/C18H24BrN3O2/c1-3-4-9-24-10-5-8-21-18(23)15(12-20)13-22-16-6-7-17(19)14(2)11-16/h6-7,11,13,22H,3-5,8-10H2,1-2H3,(H,21,23)/b15-13-. The summed E-state index contributed by atoms with van der Waals surface area (Å²) in [6.45, 7) is 5.94. The van der Waals surface area contributed by atoms with Crippen LogP contribution >= 0.6 is 15.9 Å². The van der Waals surface area contributed by atoms with Crippen molar-refractivity contribution in [2.75, 3.05) is 25.1 Å². The third kappa shape index (κ3) is 7.62. The largest absolute Gasteiger partial charge is 0.381 e. The van der Waals surface area contributed by atoms with Crippen LogP contribution in [0.1, 0.15) is 31.7 Å². The second kappa shape index (κ2) is 11.7. The van der Waals surface area contributed by atoms with E-state index in [0.717, 1.165) is 41.6 Å². The first-order valence-corrected chi connectivity index (χ1v) is 8.86. The minimum Gasteiger partial charge on any atom is -0.381 e. The SMILES string of the molecule is CCCCOCCCNC(=O)/C(C#N)=C\Nc1ccc(Br)c(C)c1. The molecule has 1 amide bonds. The van der Waals surface area contributed by atoms with Crippen LogP contribution in [-0.4, -0.2) is 25.7 Å². The van der Waals surface area contributed by atoms with Crippen molar-refractivity contribution in [3.05, 3.63) is 40.0 Å². The number of hydrogen-bond acceptors (Lipinski definition) is 4. The van der Waals surface area contributed by atoms with Crippen LogP contribution in [0, 0.1) is 18.3 Å². The van der Waals surface area contributed by atoms with Crippen LogP contribution in [-0.2, 0) is 9.53 Å². The van der Waals surface area contributed by atoms with Gasteiger partial charge in [0.1, 0.15) is 11.6 Å². The lowest BCUT2D eigenvalue weighted by Gasteiger charge is -2.07. The van der Waals surface area contributed by atoms with E-state index in [-0.39, 0.29) is 11.5 Å². The molecule has 0 heterocycles. The fourth-order valence-corrected chi connectivity index (χ4v) is 2.11. The van der Waals surface area contributed by atoms with Crippen LogP contribution in [0.15, 0.2) is 34.4 Å². The van der Waals surface area contributed by atoms with E-state index in [2.05, 4.69) is 33.5 Å². The number of unbranched alkanes of at least 4 members (excludes halogenated alkanes) is 1. The first-order valence-electron chi connectivity index (χ1n) is 8.07. The molecule has 0 saturated carbocycles. The third-order valence-electron chi connectivity index (χ3n) is 3.30. The smallest absolute Gasteiger partial charge is 0.263 e. The summed E-state index contributed by atoms with van der Waals surface area (Å²) in [5.74, 6) is -0.382. The summed E-state index contributed by atoms with van der Waals surface area (Å²) in [5, 5.41) is 14.8. The van der Waals surface area contributed by atoms with Gasteiger partial charge in [0.05, 0.1) is 0 Å². The van der Waals surface area contributed by atoms with Gasteiger partial charge in [-0.3, -0.25) is 4.79 Å². The lowest BCUT2D eigenvalue weighted by Crippen LogP contribution is -2.26. The lowest BCUT2D eigenvalue weighted by molar-refractivity contribution is -0.117. The molecule has 6 heteroatoms. The lowest BCUT2D eigenvalue weighted by atomic mass is 10.2. The molecule has 24 heavy (non-hydrogen) atoms. The molecule has 1 aromatic carbocycles. The number of anilines is 1. The number of nitriles is 1. The number of carbonyl (C=O) groups is 1. The molecule has 0 atom stereocenters. The van der Waals surface area contributed by atoms with Gasteiger partial charge in [-0.25, -0.2) is 0 Å². The second-order valence-corrected chi connectivity index (χ2v) is 6.21. The minimum absolute atomic E-state index is 0.0440. The average Bonchev–Trinajstić information content (AvgIpc) is 2.57. The first-order chi connectivity index (χ1) is 11.6. The number of nitrogens with zero attached hydrogens (tertiary/aromatic N) is 1. The number of nitrogens with one attached hydrogen (secondary N) is 2. The Morgan fingerprint density at radius 2 is 2.12 bits per heavy atom. The summed E-state index contributed by atoms with van der Waals surface area (Å²) in [6, 6.07) is 7.63. The van der Waals surface area contributed by atoms with Gasteiger partial charge in [-0.1, -0.05) is 29.3 Å². The Labute approximate surface area is 152 Å². The Morgan fingerprint density at radius 1 is 1.38 bits per heavy atom. The van der Waals surface area contributed by atoms with E-state index in [1.54, 1.807) is 0 Å². The normalized spacial score (nSPS) is 11.0. The predicted octanol–water partition coefficient (Wildman–Crippen LogP) is 3.90. The summed E-state index contributed by atoms with van der Waals surface area (Å²) in [4.78, 5) is 12.0. The van der Waals surface area contributed by atoms with Gasteiger partial charge in [-0.2, -0.15) is 5.26 Å². The van der Waals surface area contributed by atoms with Crippen molar-refractivity contribution in [3.8, 4) is 6.07 Å². The Hall–Kier alpha value is -1.84. The fraction of sp³-hybridized carbons (Fsp3) is 0.444. The van der Waals surface area contributed by atoms with Gasteiger partial charge < -0.3 is 15.4 Å². The highest BCUT2D eigenvalue weighted by Gasteiger charge is 2.08. The monoisotopic (exact) mass is 393 g/mol. The van der Waals surface area contributed by atoms with Gasteiger partial charge >= 0.3 is 0 Å². The van der Waals surface area contributed by atoms with Gasteiger partial charge in [0.2, 0.25) is 0 Å². The van der Waals surface area contributed by atoms with E-state index in [4.69, 9.17) is 10.00 Å². The number of aryl methyl sites for hydroxylation is 1. The summed E-state index contributed by atoms with van der Waals surface area (Å²) in [6.07, 6.45) is 4.32. The minimum atomic E-state index is -0.382. The average molecular weight is 394 g/mol. The topological polar surface area (TPSA) is 74.1 Å². The quantitative estimate of drug-likeness (QED) is 0.359. The van der Waals surface area contributed by atoms with Crippen molar-refractivity contribution in [1.82, 2.24) is 5.32 Å². The maximum absolute atomic E-state index is 12.0. The zero-order valence-corrected chi connectivity index (χ0v) is 15.8. The Bertz CT molecular complexity index is 609. The van der Waals surface area contributed by atoms with E-state index in [0.29, 0.717) is 13.2 Å². The highest BCUT2D eigenvalue weighted by molar-refractivity contribution is 9.10. The summed E-state index contributed by atoms with van der Waals surface area (Å²) in [5.41, 5.74) is 1.93. The molecular weight excluding hydrogens is 370 g/mol. The summed E-state index contributed by atoms with van der Waals surface area (Å²) >= 11 is 3.43. The highest BCUT2D eigenvalue weighted by atomic mass is 79.9. The van der Waals surface area contributed by atoms with Crippen molar-refractivity contribution in [3.63, 3.8) is 0 Å². The van der Waals surface area contributed by atoms with Crippen LogP contribution in [0.25, 0.3) is 0 Å². The molecule has 0 aliphatic rings. The molecule has 0 saturated heterocycles. The predicted molar refractivity (Wildman–Crippen MR) is 99.6 cm³/mol. The zero-order valence-electron chi connectivity index (χ0n) is 14.2. The Kier molecular flexibility index (Phi) is 9.81. The van der Waals surface area contributed by atoms with Gasteiger partial charge in [0, 0.05) is 36.1 Å². The molecule has 5 nitrogen and oxygen atoms in total. The van der Waals surface area contributed by atoms with Crippen molar-refractivity contribution in [2.24, 2.45) is 0 Å². The van der Waals surface area contributed by atoms with Crippen LogP contribution in [0.4, 0.5) is 5.69 Å². The van der Waals surface area contributed by atoms with E-state index < -0.39 is 0 Å². The van der Waals surface area contributed by atoms with Crippen LogP contribution in [0.2, 0.25) is 0 Å². The molecule has 0 aromatic heterocycles. The second-order valence-electron chi connectivity index (χ2n) is 5.35. The van der Waals surface area contributed by atoms with Crippen LogP contribution < -0.4 is 10.6 Å². The number of hydrogen-bond donors (Lipinski definition) is 2. The van der Waals surface area contributed by atoms with E-state index in [1.165, 1.54) is 6.20 Å². The molecule has 0 unspecified atom stereocenters. The van der Waals surface area contributed by atoms with Gasteiger partial charge in [0.25, 0.3) is 5.91 Å². The molecule has 0 aliphatic carbocycles. The van der Waals surface area contributed by atoms with Crippen molar-refractivity contribution >= 4 is 27.5 Å². The maximum Gasteiger partial charge on any atom is 0.263 e. The molecule has 0 aliphatic heterocycles.